The number of benzene rings is 1. The Labute approximate surface area is 133 Å². The summed E-state index contributed by atoms with van der Waals surface area (Å²) in [4.78, 5) is 27.2. The van der Waals surface area contributed by atoms with Crippen LogP contribution in [-0.2, 0) is 14.3 Å². The third kappa shape index (κ3) is 3.18. The molecule has 0 saturated carbocycles. The van der Waals surface area contributed by atoms with E-state index in [1.807, 2.05) is 6.92 Å². The van der Waals surface area contributed by atoms with Crippen molar-refractivity contribution < 1.29 is 24.5 Å². The molecule has 1 aromatic rings. The number of carboxylic acids is 2. The Morgan fingerprint density at radius 3 is 2.35 bits per heavy atom. The average Bonchev–Trinajstić information content (AvgIpc) is 2.46. The zero-order chi connectivity index (χ0) is 17.1. The Morgan fingerprint density at radius 1 is 1.26 bits per heavy atom. The van der Waals surface area contributed by atoms with Crippen molar-refractivity contribution in [2.75, 3.05) is 6.61 Å². The first kappa shape index (κ1) is 16.5. The fourth-order valence-corrected chi connectivity index (χ4v) is 2.61. The lowest BCUT2D eigenvalue weighted by molar-refractivity contribution is -0.140. The lowest BCUT2D eigenvalue weighted by Crippen LogP contribution is -2.38. The van der Waals surface area contributed by atoms with Crippen LogP contribution in [-0.4, -0.2) is 34.7 Å². The molecule has 0 bridgehead atoms. The SMILES string of the molecule is CCOC1=NC(N)=C(C(=O)O)C(c2ccc(C)cc2)C1C(=O)O. The van der Waals surface area contributed by atoms with E-state index in [1.54, 1.807) is 31.2 Å². The van der Waals surface area contributed by atoms with Crippen LogP contribution in [0.3, 0.4) is 0 Å². The van der Waals surface area contributed by atoms with Gasteiger partial charge in [-0.05, 0) is 19.4 Å². The van der Waals surface area contributed by atoms with Gasteiger partial charge < -0.3 is 20.7 Å². The third-order valence-corrected chi connectivity index (χ3v) is 3.64. The van der Waals surface area contributed by atoms with Crippen molar-refractivity contribution in [3.63, 3.8) is 0 Å². The molecule has 1 aliphatic rings. The van der Waals surface area contributed by atoms with E-state index < -0.39 is 23.8 Å². The number of aliphatic carboxylic acids is 2. The molecule has 4 N–H and O–H groups in total. The van der Waals surface area contributed by atoms with Crippen LogP contribution >= 0.6 is 0 Å². The molecule has 2 rings (SSSR count). The zero-order valence-electron chi connectivity index (χ0n) is 12.8. The van der Waals surface area contributed by atoms with Crippen LogP contribution in [0.15, 0.2) is 40.7 Å². The topological polar surface area (TPSA) is 122 Å². The molecule has 0 amide bonds. The molecule has 0 aliphatic carbocycles. The summed E-state index contributed by atoms with van der Waals surface area (Å²) >= 11 is 0. The fraction of sp³-hybridized carbons (Fsp3) is 0.312. The summed E-state index contributed by atoms with van der Waals surface area (Å²) in [6, 6.07) is 6.97. The predicted molar refractivity (Wildman–Crippen MR) is 83.0 cm³/mol. The van der Waals surface area contributed by atoms with Gasteiger partial charge in [0.2, 0.25) is 5.90 Å². The average molecular weight is 318 g/mol. The largest absolute Gasteiger partial charge is 0.481 e. The van der Waals surface area contributed by atoms with Crippen LogP contribution in [0.2, 0.25) is 0 Å². The van der Waals surface area contributed by atoms with Gasteiger partial charge in [-0.15, -0.1) is 0 Å². The highest BCUT2D eigenvalue weighted by atomic mass is 16.5. The summed E-state index contributed by atoms with van der Waals surface area (Å²) < 4.78 is 5.29. The molecule has 2 unspecified atom stereocenters. The summed E-state index contributed by atoms with van der Waals surface area (Å²) in [5.74, 6) is -5.02. The van der Waals surface area contributed by atoms with Crippen molar-refractivity contribution >= 4 is 17.8 Å². The molecular weight excluding hydrogens is 300 g/mol. The van der Waals surface area contributed by atoms with Crippen molar-refractivity contribution in [1.29, 1.82) is 0 Å². The summed E-state index contributed by atoms with van der Waals surface area (Å²) in [5.41, 5.74) is 7.04. The Bertz CT molecular complexity index is 691. The molecule has 0 saturated heterocycles. The quantitative estimate of drug-likeness (QED) is 0.773. The van der Waals surface area contributed by atoms with Gasteiger partial charge in [-0.25, -0.2) is 4.79 Å². The highest BCUT2D eigenvalue weighted by molar-refractivity contribution is 6.03. The maximum absolute atomic E-state index is 11.7. The highest BCUT2D eigenvalue weighted by Crippen LogP contribution is 2.38. The monoisotopic (exact) mass is 318 g/mol. The van der Waals surface area contributed by atoms with Crippen molar-refractivity contribution in [2.24, 2.45) is 16.6 Å². The number of ether oxygens (including phenoxy) is 1. The first-order valence-corrected chi connectivity index (χ1v) is 7.10. The van der Waals surface area contributed by atoms with E-state index in [0.29, 0.717) is 5.56 Å². The molecule has 2 atom stereocenters. The van der Waals surface area contributed by atoms with Crippen LogP contribution < -0.4 is 5.73 Å². The summed E-state index contributed by atoms with van der Waals surface area (Å²) in [6.45, 7) is 3.78. The Morgan fingerprint density at radius 2 is 1.87 bits per heavy atom. The van der Waals surface area contributed by atoms with Gasteiger partial charge in [0.15, 0.2) is 0 Å². The van der Waals surface area contributed by atoms with Gasteiger partial charge in [0.25, 0.3) is 0 Å². The molecule has 1 heterocycles. The Hall–Kier alpha value is -2.83. The molecule has 122 valence electrons. The van der Waals surface area contributed by atoms with Crippen LogP contribution in [0.1, 0.15) is 24.0 Å². The van der Waals surface area contributed by atoms with Crippen LogP contribution in [0, 0.1) is 12.8 Å². The molecule has 0 fully saturated rings. The van der Waals surface area contributed by atoms with Gasteiger partial charge in [0.1, 0.15) is 11.7 Å². The van der Waals surface area contributed by atoms with Crippen molar-refractivity contribution in [1.82, 2.24) is 0 Å². The molecule has 1 aliphatic heterocycles. The van der Waals surface area contributed by atoms with E-state index in [1.165, 1.54) is 0 Å². The first-order valence-electron chi connectivity index (χ1n) is 7.10. The number of carbonyl (C=O) groups is 2. The van der Waals surface area contributed by atoms with Gasteiger partial charge in [-0.1, -0.05) is 29.8 Å². The number of aliphatic imine (C=N–C) groups is 1. The maximum atomic E-state index is 11.7. The first-order chi connectivity index (χ1) is 10.9. The molecule has 1 aromatic carbocycles. The maximum Gasteiger partial charge on any atom is 0.335 e. The number of hydrogen-bond donors (Lipinski definition) is 3. The lowest BCUT2D eigenvalue weighted by atomic mass is 9.78. The lowest BCUT2D eigenvalue weighted by Gasteiger charge is -2.29. The molecule has 0 spiro atoms. The predicted octanol–water partition coefficient (Wildman–Crippen LogP) is 1.48. The Balaban J connectivity index is 2.65. The Kier molecular flexibility index (Phi) is 4.68. The minimum absolute atomic E-state index is 0.0759. The molecule has 7 heteroatoms. The van der Waals surface area contributed by atoms with E-state index in [-0.39, 0.29) is 23.9 Å². The number of rotatable bonds is 4. The van der Waals surface area contributed by atoms with E-state index >= 15 is 0 Å². The fourth-order valence-electron chi connectivity index (χ4n) is 2.61. The second kappa shape index (κ2) is 6.51. The van der Waals surface area contributed by atoms with E-state index in [0.717, 1.165) is 5.56 Å². The molecule has 7 nitrogen and oxygen atoms in total. The van der Waals surface area contributed by atoms with Crippen LogP contribution in [0.4, 0.5) is 0 Å². The zero-order valence-corrected chi connectivity index (χ0v) is 12.8. The van der Waals surface area contributed by atoms with Gasteiger partial charge in [0.05, 0.1) is 12.2 Å². The normalized spacial score (nSPS) is 20.9. The third-order valence-electron chi connectivity index (χ3n) is 3.64. The van der Waals surface area contributed by atoms with Gasteiger partial charge in [0, 0.05) is 5.92 Å². The van der Waals surface area contributed by atoms with Crippen molar-refractivity contribution in [2.45, 2.75) is 19.8 Å². The standard InChI is InChI=1S/C16H18N2O5/c1-3-23-14-12(16(21)22)10(9-6-4-8(2)5-7-9)11(15(19)20)13(17)18-14/h4-7,10,12H,3,17H2,1-2H3,(H,19,20)(H,21,22). The highest BCUT2D eigenvalue weighted by Gasteiger charge is 2.44. The van der Waals surface area contributed by atoms with Crippen LogP contribution in [0.5, 0.6) is 0 Å². The number of aryl methyl sites for hydroxylation is 1. The number of nitrogens with zero attached hydrogens (tertiary/aromatic N) is 1. The van der Waals surface area contributed by atoms with Crippen molar-refractivity contribution in [3.05, 3.63) is 46.8 Å². The molecule has 23 heavy (non-hydrogen) atoms. The summed E-state index contributed by atoms with van der Waals surface area (Å²) in [7, 11) is 0. The molecule has 0 aromatic heterocycles. The minimum Gasteiger partial charge on any atom is -0.481 e. The van der Waals surface area contributed by atoms with Gasteiger partial charge in [-0.3, -0.25) is 4.79 Å². The number of carboxylic acid groups (broad SMARTS) is 2. The molecule has 0 radical (unpaired) electrons. The summed E-state index contributed by atoms with van der Waals surface area (Å²) in [6.07, 6.45) is 0. The molecular formula is C16H18N2O5. The van der Waals surface area contributed by atoms with Gasteiger partial charge >= 0.3 is 11.9 Å². The number of nitrogens with two attached hydrogens (primary N) is 1. The smallest absolute Gasteiger partial charge is 0.335 e. The van der Waals surface area contributed by atoms with E-state index in [9.17, 15) is 19.8 Å². The minimum atomic E-state index is -1.29. The second-order valence-electron chi connectivity index (χ2n) is 5.19. The second-order valence-corrected chi connectivity index (χ2v) is 5.19. The van der Waals surface area contributed by atoms with E-state index in [2.05, 4.69) is 4.99 Å². The van der Waals surface area contributed by atoms with Crippen molar-refractivity contribution in [3.8, 4) is 0 Å². The van der Waals surface area contributed by atoms with Crippen LogP contribution in [0.25, 0.3) is 0 Å². The number of hydrogen-bond acceptors (Lipinski definition) is 5. The summed E-state index contributed by atoms with van der Waals surface area (Å²) in [5, 5.41) is 19.1. The van der Waals surface area contributed by atoms with E-state index in [4.69, 9.17) is 10.5 Å². The van der Waals surface area contributed by atoms with Gasteiger partial charge in [-0.2, -0.15) is 4.99 Å².